The highest BCUT2D eigenvalue weighted by atomic mass is 32.1. The van der Waals surface area contributed by atoms with Gasteiger partial charge in [-0.1, -0.05) is 52.0 Å². The van der Waals surface area contributed by atoms with Crippen molar-refractivity contribution in [2.24, 2.45) is 11.3 Å². The van der Waals surface area contributed by atoms with Crippen molar-refractivity contribution in [3.63, 3.8) is 0 Å². The molecule has 2 amide bonds. The van der Waals surface area contributed by atoms with Crippen LogP contribution in [0.15, 0.2) is 29.8 Å². The standard InChI is InChI=1S/C32H47N3O7S/c1-6-11-40-12-13-41-14-15-42-20-26(37)16-27(32(3,4)5)31(39)35-19-25(36)17-28(35)30(38)33-18-23-7-9-24(10-8-23)29-22(2)34-21-43-29/h7-10,21,25,27-28,36H,6,11-20H2,1-5H3,(H,33,38)/t25-,27-,28+/m1/s1. The van der Waals surface area contributed by atoms with Crippen molar-refractivity contribution in [2.75, 3.05) is 46.2 Å². The van der Waals surface area contributed by atoms with E-state index in [-0.39, 0.29) is 50.2 Å². The lowest BCUT2D eigenvalue weighted by Crippen LogP contribution is -2.50. The molecule has 2 N–H and O–H groups in total. The summed E-state index contributed by atoms with van der Waals surface area (Å²) in [7, 11) is 0. The van der Waals surface area contributed by atoms with Crippen LogP contribution in [-0.2, 0) is 35.1 Å². The molecular weight excluding hydrogens is 570 g/mol. The number of amides is 2. The maximum absolute atomic E-state index is 13.8. The summed E-state index contributed by atoms with van der Waals surface area (Å²) < 4.78 is 16.3. The monoisotopic (exact) mass is 617 g/mol. The summed E-state index contributed by atoms with van der Waals surface area (Å²) >= 11 is 1.58. The van der Waals surface area contributed by atoms with Crippen LogP contribution in [0.5, 0.6) is 0 Å². The Morgan fingerprint density at radius 2 is 1.72 bits per heavy atom. The Labute approximate surface area is 259 Å². The Morgan fingerprint density at radius 3 is 2.33 bits per heavy atom. The summed E-state index contributed by atoms with van der Waals surface area (Å²) in [6.07, 6.45) is 0.284. The molecule has 1 aliphatic heterocycles. The first-order valence-electron chi connectivity index (χ1n) is 15.0. The number of likely N-dealkylation sites (tertiary alicyclic amines) is 1. The lowest BCUT2D eigenvalue weighted by molar-refractivity contribution is -0.146. The lowest BCUT2D eigenvalue weighted by atomic mass is 9.77. The number of aromatic nitrogens is 1. The van der Waals surface area contributed by atoms with Crippen LogP contribution in [0.3, 0.4) is 0 Å². The largest absolute Gasteiger partial charge is 0.391 e. The van der Waals surface area contributed by atoms with Gasteiger partial charge in [0.05, 0.1) is 48.6 Å². The third-order valence-corrected chi connectivity index (χ3v) is 8.40. The number of ether oxygens (including phenoxy) is 3. The number of Topliss-reactive ketones (excluding diaryl/α,β-unsaturated/α-hetero) is 1. The van der Waals surface area contributed by atoms with Gasteiger partial charge in [-0.2, -0.15) is 0 Å². The van der Waals surface area contributed by atoms with Gasteiger partial charge in [-0.05, 0) is 29.9 Å². The van der Waals surface area contributed by atoms with Gasteiger partial charge in [-0.25, -0.2) is 4.98 Å². The molecule has 0 spiro atoms. The molecule has 10 nitrogen and oxygen atoms in total. The molecule has 3 rings (SSSR count). The third-order valence-electron chi connectivity index (χ3n) is 7.42. The molecular formula is C32H47N3O7S. The highest BCUT2D eigenvalue weighted by Crippen LogP contribution is 2.33. The molecule has 1 fully saturated rings. The zero-order valence-corrected chi connectivity index (χ0v) is 26.9. The number of aliphatic hydroxyl groups is 1. The summed E-state index contributed by atoms with van der Waals surface area (Å²) in [4.78, 5) is 46.7. The van der Waals surface area contributed by atoms with E-state index in [0.717, 1.165) is 28.1 Å². The fourth-order valence-electron chi connectivity index (χ4n) is 4.99. The second-order valence-electron chi connectivity index (χ2n) is 12.0. The predicted molar refractivity (Wildman–Crippen MR) is 166 cm³/mol. The molecule has 0 bridgehead atoms. The Morgan fingerprint density at radius 1 is 1.07 bits per heavy atom. The average molecular weight is 618 g/mol. The first-order valence-corrected chi connectivity index (χ1v) is 15.9. The molecule has 0 aliphatic carbocycles. The topological polar surface area (TPSA) is 127 Å². The SMILES string of the molecule is CCCOCCOCCOCC(=O)C[C@H](C(=O)N1C[C@H](O)C[C@H]1C(=O)NCc1ccc(-c2scnc2C)cc1)C(C)(C)C. The maximum Gasteiger partial charge on any atom is 0.243 e. The first-order chi connectivity index (χ1) is 20.5. The molecule has 2 heterocycles. The number of aliphatic hydroxyl groups excluding tert-OH is 1. The number of β-amino-alcohol motifs (C(OH)–C–C–N with tert-alkyl or cyclic N) is 1. The van der Waals surface area contributed by atoms with E-state index in [9.17, 15) is 19.5 Å². The van der Waals surface area contributed by atoms with E-state index in [0.29, 0.717) is 33.0 Å². The number of aryl methyl sites for hydroxylation is 1. The number of ketones is 1. The summed E-state index contributed by atoms with van der Waals surface area (Å²) in [6, 6.07) is 7.11. The van der Waals surface area contributed by atoms with Crippen molar-refractivity contribution in [2.45, 2.75) is 72.6 Å². The number of benzene rings is 1. The fourth-order valence-corrected chi connectivity index (χ4v) is 5.80. The van der Waals surface area contributed by atoms with Crippen LogP contribution < -0.4 is 5.32 Å². The van der Waals surface area contributed by atoms with Crippen molar-refractivity contribution < 1.29 is 33.7 Å². The van der Waals surface area contributed by atoms with Crippen LogP contribution in [0.25, 0.3) is 10.4 Å². The van der Waals surface area contributed by atoms with Crippen molar-refractivity contribution >= 4 is 28.9 Å². The van der Waals surface area contributed by atoms with E-state index in [2.05, 4.69) is 10.3 Å². The number of hydrogen-bond acceptors (Lipinski definition) is 9. The smallest absolute Gasteiger partial charge is 0.243 e. The molecule has 43 heavy (non-hydrogen) atoms. The van der Waals surface area contributed by atoms with Gasteiger partial charge in [-0.3, -0.25) is 14.4 Å². The normalized spacial score (nSPS) is 17.7. The number of nitrogens with one attached hydrogen (secondary N) is 1. The van der Waals surface area contributed by atoms with E-state index in [1.165, 1.54) is 4.90 Å². The number of thiazole rings is 1. The maximum atomic E-state index is 13.8. The molecule has 0 saturated carbocycles. The number of carbonyl (C=O) groups excluding carboxylic acids is 3. The first kappa shape index (κ1) is 34.8. The predicted octanol–water partition coefficient (Wildman–Crippen LogP) is 3.78. The molecule has 1 aromatic carbocycles. The number of nitrogens with zero attached hydrogens (tertiary/aromatic N) is 2. The Bertz CT molecular complexity index is 1180. The van der Waals surface area contributed by atoms with E-state index < -0.39 is 23.5 Å². The van der Waals surface area contributed by atoms with Gasteiger partial charge in [0.2, 0.25) is 11.8 Å². The molecule has 1 saturated heterocycles. The fraction of sp³-hybridized carbons (Fsp3) is 0.625. The van der Waals surface area contributed by atoms with E-state index in [1.807, 2.05) is 64.4 Å². The van der Waals surface area contributed by atoms with Gasteiger partial charge in [0.1, 0.15) is 12.6 Å². The third kappa shape index (κ3) is 10.8. The molecule has 238 valence electrons. The highest BCUT2D eigenvalue weighted by molar-refractivity contribution is 7.13. The second kappa shape index (κ2) is 17.0. The minimum atomic E-state index is -0.811. The molecule has 2 aromatic rings. The van der Waals surface area contributed by atoms with Crippen molar-refractivity contribution in [3.05, 3.63) is 41.0 Å². The van der Waals surface area contributed by atoms with Gasteiger partial charge in [0.15, 0.2) is 5.78 Å². The quantitative estimate of drug-likeness (QED) is 0.257. The summed E-state index contributed by atoms with van der Waals surface area (Å²) in [5.74, 6) is -1.50. The van der Waals surface area contributed by atoms with Crippen LogP contribution in [-0.4, -0.2) is 90.9 Å². The molecule has 0 unspecified atom stereocenters. The molecule has 3 atom stereocenters. The van der Waals surface area contributed by atoms with Crippen LogP contribution in [0, 0.1) is 18.3 Å². The van der Waals surface area contributed by atoms with Crippen LogP contribution in [0.2, 0.25) is 0 Å². The minimum Gasteiger partial charge on any atom is -0.391 e. The van der Waals surface area contributed by atoms with Gasteiger partial charge < -0.3 is 29.5 Å². The van der Waals surface area contributed by atoms with E-state index >= 15 is 0 Å². The van der Waals surface area contributed by atoms with Crippen LogP contribution in [0.1, 0.15) is 58.2 Å². The Hall–Kier alpha value is -2.70. The Kier molecular flexibility index (Phi) is 13.7. The number of hydrogen-bond donors (Lipinski definition) is 2. The summed E-state index contributed by atoms with van der Waals surface area (Å²) in [5, 5.41) is 13.4. The molecule has 11 heteroatoms. The van der Waals surface area contributed by atoms with Crippen molar-refractivity contribution in [3.8, 4) is 10.4 Å². The minimum absolute atomic E-state index is 0.0133. The zero-order chi connectivity index (χ0) is 31.4. The second-order valence-corrected chi connectivity index (χ2v) is 12.9. The zero-order valence-electron chi connectivity index (χ0n) is 26.1. The number of rotatable bonds is 17. The van der Waals surface area contributed by atoms with Crippen LogP contribution >= 0.6 is 11.3 Å². The van der Waals surface area contributed by atoms with E-state index in [4.69, 9.17) is 14.2 Å². The number of carbonyl (C=O) groups is 3. The van der Waals surface area contributed by atoms with Gasteiger partial charge in [0.25, 0.3) is 0 Å². The van der Waals surface area contributed by atoms with Gasteiger partial charge >= 0.3 is 0 Å². The van der Waals surface area contributed by atoms with Crippen LogP contribution in [0.4, 0.5) is 0 Å². The Balaban J connectivity index is 1.52. The lowest BCUT2D eigenvalue weighted by Gasteiger charge is -2.34. The average Bonchev–Trinajstić information content (AvgIpc) is 3.58. The van der Waals surface area contributed by atoms with Gasteiger partial charge in [-0.15, -0.1) is 11.3 Å². The highest BCUT2D eigenvalue weighted by Gasteiger charge is 2.44. The summed E-state index contributed by atoms with van der Waals surface area (Å²) in [5.41, 5.74) is 4.25. The van der Waals surface area contributed by atoms with Crippen molar-refractivity contribution in [1.29, 1.82) is 0 Å². The van der Waals surface area contributed by atoms with Gasteiger partial charge in [0, 0.05) is 38.5 Å². The van der Waals surface area contributed by atoms with Crippen molar-refractivity contribution in [1.82, 2.24) is 15.2 Å². The molecule has 1 aliphatic rings. The molecule has 0 radical (unpaired) electrons. The molecule has 1 aromatic heterocycles. The summed E-state index contributed by atoms with van der Waals surface area (Å²) in [6.45, 7) is 12.2. The van der Waals surface area contributed by atoms with E-state index in [1.54, 1.807) is 11.3 Å².